The Bertz CT molecular complexity index is 1540. The van der Waals surface area contributed by atoms with E-state index in [-0.39, 0.29) is 49.4 Å². The van der Waals surface area contributed by atoms with Crippen LogP contribution in [0.15, 0.2) is 144 Å². The van der Waals surface area contributed by atoms with Crippen LogP contribution in [0.4, 0.5) is 39.5 Å². The summed E-state index contributed by atoms with van der Waals surface area (Å²) in [5, 5.41) is 58.9. The molecule has 3 aromatic carbocycles. The molecule has 6 aromatic rings. The van der Waals surface area contributed by atoms with Crippen LogP contribution in [0.5, 0.6) is 0 Å². The molecule has 0 aliphatic heterocycles. The standard InChI is InChI=1S/3C8H9F3O2S.3C6H5.Eu.HOP/c3*9-8(10,11)7(13)4-5(12)6-2-1-3-14-6;3*1-2-4-6-5-3-1;;1-2/h3*1-3,5,7,12-13H,4H2;3*1-5H;;2H/q;;;3*-1;+3;. The zero-order valence-electron chi connectivity index (χ0n) is 32.5. The van der Waals surface area contributed by atoms with Gasteiger partial charge >= 0.3 is 67.9 Å². The van der Waals surface area contributed by atoms with Gasteiger partial charge in [-0.15, -0.1) is 34.0 Å². The molecule has 6 rings (SSSR count). The molecule has 0 saturated heterocycles. The molecule has 0 radical (unpaired) electrons. The average molecular weight is 1110 g/mol. The Labute approximate surface area is 414 Å². The zero-order valence-corrected chi connectivity index (χ0v) is 38.4. The molecular weight excluding hydrogens is 1070 g/mol. The van der Waals surface area contributed by atoms with Crippen molar-refractivity contribution in [2.24, 2.45) is 0 Å². The number of thiophene rings is 3. The van der Waals surface area contributed by atoms with E-state index in [0.29, 0.717) is 14.6 Å². The van der Waals surface area contributed by atoms with Crippen LogP contribution >= 0.6 is 43.1 Å². The number of hydrogen-bond acceptors (Lipinski definition) is 10. The van der Waals surface area contributed by atoms with Gasteiger partial charge in [-0.05, 0) is 34.3 Å². The van der Waals surface area contributed by atoms with Crippen molar-refractivity contribution in [3.05, 3.63) is 176 Å². The molecule has 3 aromatic heterocycles. The molecule has 7 nitrogen and oxygen atoms in total. The average Bonchev–Trinajstić information content (AvgIpc) is 4.09. The van der Waals surface area contributed by atoms with Crippen LogP contribution in [0, 0.1) is 67.6 Å². The number of hydrogen-bond donors (Lipinski definition) is 6. The minimum Gasteiger partial charge on any atom is -0.387 e. The number of halogens is 9. The third kappa shape index (κ3) is 32.0. The van der Waals surface area contributed by atoms with E-state index in [1.807, 2.05) is 91.0 Å². The summed E-state index contributed by atoms with van der Waals surface area (Å²) < 4.78 is 115. The molecule has 0 spiro atoms. The molecule has 0 aliphatic rings. The van der Waals surface area contributed by atoms with Gasteiger partial charge in [0.1, 0.15) is 9.12 Å². The molecule has 21 heteroatoms. The first kappa shape index (κ1) is 62.7. The molecule has 0 saturated carbocycles. The maximum Gasteiger partial charge on any atom is 3.00 e. The maximum atomic E-state index is 11.9. The summed E-state index contributed by atoms with van der Waals surface area (Å²) in [5.41, 5.74) is 0. The van der Waals surface area contributed by atoms with Gasteiger partial charge in [0.05, 0.1) is 18.3 Å². The molecule has 63 heavy (non-hydrogen) atoms. The van der Waals surface area contributed by atoms with Crippen molar-refractivity contribution in [1.29, 1.82) is 0 Å². The topological polar surface area (TPSA) is 138 Å². The molecule has 0 bridgehead atoms. The fourth-order valence-corrected chi connectivity index (χ4v) is 6.03. The molecule has 346 valence electrons. The van der Waals surface area contributed by atoms with Crippen LogP contribution in [0.3, 0.4) is 0 Å². The van der Waals surface area contributed by atoms with Crippen LogP contribution in [-0.4, -0.2) is 67.5 Å². The Balaban J connectivity index is 0. The van der Waals surface area contributed by atoms with Crippen LogP contribution in [0.2, 0.25) is 0 Å². The Hall–Kier alpha value is -2.43. The van der Waals surface area contributed by atoms with E-state index in [0.717, 1.165) is 34.0 Å². The van der Waals surface area contributed by atoms with E-state index < -0.39 is 74.4 Å². The predicted octanol–water partition coefficient (Wildman–Crippen LogP) is 11.2. The number of rotatable bonds is 9. The molecule has 6 unspecified atom stereocenters. The minimum atomic E-state index is -4.67. The van der Waals surface area contributed by atoms with Crippen molar-refractivity contribution in [3.8, 4) is 0 Å². The van der Waals surface area contributed by atoms with E-state index in [1.165, 1.54) is 18.2 Å². The Morgan fingerprint density at radius 1 is 0.413 bits per heavy atom. The Kier molecular flexibility index (Phi) is 35.6. The maximum absolute atomic E-state index is 11.9. The second-order valence-electron chi connectivity index (χ2n) is 11.7. The van der Waals surface area contributed by atoms with Gasteiger partial charge in [0.15, 0.2) is 18.3 Å². The van der Waals surface area contributed by atoms with E-state index >= 15 is 0 Å². The summed E-state index contributed by atoms with van der Waals surface area (Å²) in [6.07, 6.45) is -27.4. The molecule has 6 N–H and O–H groups in total. The summed E-state index contributed by atoms with van der Waals surface area (Å²) in [5.74, 6) is 0. The molecule has 0 aliphatic carbocycles. The number of aliphatic hydroxyl groups excluding tert-OH is 6. The molecular formula is C42H43EuF9O7PS3. The van der Waals surface area contributed by atoms with Gasteiger partial charge in [-0.1, -0.05) is 18.2 Å². The number of aliphatic hydroxyl groups is 6. The van der Waals surface area contributed by atoms with Gasteiger partial charge < -0.3 is 30.6 Å². The summed E-state index contributed by atoms with van der Waals surface area (Å²) in [4.78, 5) is 1.27. The van der Waals surface area contributed by atoms with Gasteiger partial charge in [0.2, 0.25) is 0 Å². The quantitative estimate of drug-likeness (QED) is 0.0482. The second kappa shape index (κ2) is 35.8. The van der Waals surface area contributed by atoms with E-state index in [2.05, 4.69) is 18.2 Å². The Morgan fingerprint density at radius 2 is 0.619 bits per heavy atom. The van der Waals surface area contributed by atoms with Crippen LogP contribution in [0.25, 0.3) is 0 Å². The Morgan fingerprint density at radius 3 is 0.730 bits per heavy atom. The van der Waals surface area contributed by atoms with Crippen molar-refractivity contribution in [2.45, 2.75) is 74.4 Å². The monoisotopic (exact) mass is 1110 g/mol. The van der Waals surface area contributed by atoms with Crippen molar-refractivity contribution in [1.82, 2.24) is 0 Å². The van der Waals surface area contributed by atoms with Crippen LogP contribution < -0.4 is 0 Å². The SMILES string of the molecule is O=P.OC(CC(O)C(F)(F)F)c1cccs1.OC(CC(O)C(F)(F)F)c1cccs1.OC(CC(O)C(F)(F)F)c1cccs1.[Eu+3].[c-]1ccccc1.[c-]1ccccc1.[c-]1ccccc1. The first-order chi connectivity index (χ1) is 29.2. The van der Waals surface area contributed by atoms with Crippen molar-refractivity contribution >= 4 is 43.1 Å². The largest absolute Gasteiger partial charge is 3.00 e. The fraction of sp³-hybridized carbons (Fsp3) is 0.286. The summed E-state index contributed by atoms with van der Waals surface area (Å²) >= 11 is 3.47. The van der Waals surface area contributed by atoms with E-state index in [9.17, 15) is 54.8 Å². The number of alkyl halides is 9. The summed E-state index contributed by atoms with van der Waals surface area (Å²) in [6, 6.07) is 47.0. The predicted molar refractivity (Wildman–Crippen MR) is 223 cm³/mol. The van der Waals surface area contributed by atoms with Gasteiger partial charge in [0.25, 0.3) is 0 Å². The summed E-state index contributed by atoms with van der Waals surface area (Å²) in [7, 11) is 1.72. The third-order valence-corrected chi connectivity index (χ3v) is 9.83. The zero-order chi connectivity index (χ0) is 47.0. The smallest absolute Gasteiger partial charge is 0.387 e. The molecule has 0 amide bonds. The van der Waals surface area contributed by atoms with Gasteiger partial charge in [-0.25, -0.2) is 0 Å². The van der Waals surface area contributed by atoms with Gasteiger partial charge in [-0.2, -0.15) is 149 Å². The fourth-order valence-electron chi connectivity index (χ4n) is 3.85. The van der Waals surface area contributed by atoms with Crippen molar-refractivity contribution < 1.29 is 124 Å². The summed E-state index contributed by atoms with van der Waals surface area (Å²) in [6.45, 7) is 0. The van der Waals surface area contributed by atoms with Gasteiger partial charge in [0, 0.05) is 33.9 Å². The third-order valence-electron chi connectivity index (χ3n) is 6.91. The van der Waals surface area contributed by atoms with Crippen LogP contribution in [-0.2, 0) is 4.57 Å². The van der Waals surface area contributed by atoms with E-state index in [4.69, 9.17) is 19.9 Å². The molecule has 6 atom stereocenters. The number of benzene rings is 3. The first-order valence-electron chi connectivity index (χ1n) is 17.6. The molecule has 3 heterocycles. The van der Waals surface area contributed by atoms with Gasteiger partial charge in [-0.3, -0.25) is 4.57 Å². The van der Waals surface area contributed by atoms with Crippen LogP contribution in [0.1, 0.15) is 52.2 Å². The molecule has 0 fully saturated rings. The normalized spacial score (nSPS) is 13.4. The first-order valence-corrected chi connectivity index (χ1v) is 20.6. The van der Waals surface area contributed by atoms with Crippen molar-refractivity contribution in [2.75, 3.05) is 0 Å². The van der Waals surface area contributed by atoms with E-state index in [1.54, 1.807) is 43.5 Å². The van der Waals surface area contributed by atoms with Crippen molar-refractivity contribution in [3.63, 3.8) is 0 Å². The minimum absolute atomic E-state index is 0. The second-order valence-corrected chi connectivity index (χ2v) is 14.6.